The normalized spacial score (nSPS) is 10.6. The molecule has 5 nitrogen and oxygen atoms in total. The van der Waals surface area contributed by atoms with Gasteiger partial charge in [-0.1, -0.05) is 6.07 Å². The van der Waals surface area contributed by atoms with Crippen molar-refractivity contribution < 1.29 is 9.53 Å². The lowest BCUT2D eigenvalue weighted by molar-refractivity contribution is -0.139. The van der Waals surface area contributed by atoms with E-state index < -0.39 is 0 Å². The van der Waals surface area contributed by atoms with Crippen LogP contribution in [0.2, 0.25) is 0 Å². The van der Waals surface area contributed by atoms with E-state index in [1.165, 1.54) is 11.7 Å². The summed E-state index contributed by atoms with van der Waals surface area (Å²) in [4.78, 5) is 25.1. The molecule has 0 aliphatic carbocycles. The highest BCUT2D eigenvalue weighted by Gasteiger charge is 2.06. The highest BCUT2D eigenvalue weighted by atomic mass is 16.5. The van der Waals surface area contributed by atoms with Gasteiger partial charge in [0.2, 0.25) is 0 Å². The number of fused-ring (bicyclic) bond motifs is 1. The summed E-state index contributed by atoms with van der Waals surface area (Å²) in [6.07, 6.45) is 0.212. The van der Waals surface area contributed by atoms with Crippen LogP contribution < -0.4 is 5.69 Å². The van der Waals surface area contributed by atoms with E-state index >= 15 is 0 Å². The Morgan fingerprint density at radius 3 is 2.94 bits per heavy atom. The molecule has 0 aliphatic rings. The zero-order chi connectivity index (χ0) is 11.7. The summed E-state index contributed by atoms with van der Waals surface area (Å²) < 4.78 is 6.10. The van der Waals surface area contributed by atoms with Crippen LogP contribution in [0.25, 0.3) is 11.0 Å². The van der Waals surface area contributed by atoms with E-state index in [2.05, 4.69) is 9.72 Å². The van der Waals surface area contributed by atoms with Crippen LogP contribution in [0.15, 0.2) is 23.0 Å². The summed E-state index contributed by atoms with van der Waals surface area (Å²) in [6, 6.07) is 5.41. The van der Waals surface area contributed by atoms with Crippen LogP contribution in [0.5, 0.6) is 0 Å². The van der Waals surface area contributed by atoms with Crippen molar-refractivity contribution in [1.82, 2.24) is 9.55 Å². The Morgan fingerprint density at radius 1 is 1.50 bits per heavy atom. The van der Waals surface area contributed by atoms with Crippen molar-refractivity contribution in [2.45, 2.75) is 6.42 Å². The third kappa shape index (κ3) is 1.71. The number of aromatic nitrogens is 2. The maximum absolute atomic E-state index is 11.3. The molecule has 0 saturated carbocycles. The van der Waals surface area contributed by atoms with E-state index in [1.807, 2.05) is 12.1 Å². The molecular weight excluding hydrogens is 208 g/mol. The molecule has 0 bridgehead atoms. The predicted octanol–water partition coefficient (Wildman–Crippen LogP) is 0.582. The number of nitrogens with zero attached hydrogens (tertiary/aromatic N) is 1. The SMILES string of the molecule is COC(=O)Cc1ccc2c(c1)[nH]c(=O)n2C. The number of carbonyl (C=O) groups excluding carboxylic acids is 1. The summed E-state index contributed by atoms with van der Waals surface area (Å²) in [5.74, 6) is -0.294. The van der Waals surface area contributed by atoms with Gasteiger partial charge in [-0.05, 0) is 17.7 Å². The minimum atomic E-state index is -0.294. The monoisotopic (exact) mass is 220 g/mol. The number of aryl methyl sites for hydroxylation is 1. The van der Waals surface area contributed by atoms with E-state index in [1.54, 1.807) is 13.1 Å². The molecular formula is C11H12N2O3. The van der Waals surface area contributed by atoms with Crippen LogP contribution in [0.4, 0.5) is 0 Å². The Hall–Kier alpha value is -2.04. The number of benzene rings is 1. The Balaban J connectivity index is 2.45. The van der Waals surface area contributed by atoms with Gasteiger partial charge >= 0.3 is 11.7 Å². The van der Waals surface area contributed by atoms with Gasteiger partial charge in [0.1, 0.15) is 0 Å². The standard InChI is InChI=1S/C11H12N2O3/c1-13-9-4-3-7(6-10(14)16-2)5-8(9)12-11(13)15/h3-5H,6H2,1-2H3,(H,12,15). The molecule has 0 unspecified atom stereocenters. The van der Waals surface area contributed by atoms with Crippen LogP contribution in [0.3, 0.4) is 0 Å². The third-order valence-corrected chi connectivity index (χ3v) is 2.54. The largest absolute Gasteiger partial charge is 0.469 e. The number of esters is 1. The van der Waals surface area contributed by atoms with Crippen molar-refractivity contribution in [3.63, 3.8) is 0 Å². The molecule has 0 aliphatic heterocycles. The van der Waals surface area contributed by atoms with E-state index in [0.29, 0.717) is 0 Å². The fourth-order valence-electron chi connectivity index (χ4n) is 1.63. The Morgan fingerprint density at radius 2 is 2.25 bits per heavy atom. The molecule has 0 fully saturated rings. The maximum Gasteiger partial charge on any atom is 0.326 e. The zero-order valence-corrected chi connectivity index (χ0v) is 9.11. The van der Waals surface area contributed by atoms with Crippen LogP contribution >= 0.6 is 0 Å². The quantitative estimate of drug-likeness (QED) is 0.753. The lowest BCUT2D eigenvalue weighted by Crippen LogP contribution is -2.11. The summed E-state index contributed by atoms with van der Waals surface area (Å²) in [7, 11) is 3.05. The molecule has 1 heterocycles. The summed E-state index contributed by atoms with van der Waals surface area (Å²) in [6.45, 7) is 0. The lowest BCUT2D eigenvalue weighted by Gasteiger charge is -2.00. The van der Waals surface area contributed by atoms with Crippen molar-refractivity contribution >= 4 is 17.0 Å². The molecule has 0 atom stereocenters. The van der Waals surface area contributed by atoms with Crippen molar-refractivity contribution in [3.05, 3.63) is 34.2 Å². The topological polar surface area (TPSA) is 64.1 Å². The number of hydrogen-bond donors (Lipinski definition) is 1. The molecule has 1 N–H and O–H groups in total. The van der Waals surface area contributed by atoms with Crippen LogP contribution in [-0.2, 0) is 23.0 Å². The zero-order valence-electron chi connectivity index (χ0n) is 9.11. The molecule has 2 aromatic rings. The lowest BCUT2D eigenvalue weighted by atomic mass is 10.1. The molecule has 0 spiro atoms. The van der Waals surface area contributed by atoms with E-state index in [0.717, 1.165) is 16.6 Å². The first-order valence-electron chi connectivity index (χ1n) is 4.86. The molecule has 0 radical (unpaired) electrons. The molecule has 1 aromatic heterocycles. The average Bonchev–Trinajstić information content (AvgIpc) is 2.54. The first kappa shape index (κ1) is 10.5. The fraction of sp³-hybridized carbons (Fsp3) is 0.273. The second-order valence-corrected chi connectivity index (χ2v) is 3.59. The van der Waals surface area contributed by atoms with Gasteiger partial charge in [-0.15, -0.1) is 0 Å². The summed E-state index contributed by atoms with van der Waals surface area (Å²) in [5, 5.41) is 0. The first-order valence-corrected chi connectivity index (χ1v) is 4.86. The molecule has 2 rings (SSSR count). The molecule has 84 valence electrons. The summed E-state index contributed by atoms with van der Waals surface area (Å²) in [5.41, 5.74) is 2.21. The van der Waals surface area contributed by atoms with Crippen LogP contribution in [-0.4, -0.2) is 22.6 Å². The summed E-state index contributed by atoms with van der Waals surface area (Å²) >= 11 is 0. The van der Waals surface area contributed by atoms with E-state index in [9.17, 15) is 9.59 Å². The minimum absolute atomic E-state index is 0.162. The number of H-pyrrole nitrogens is 1. The minimum Gasteiger partial charge on any atom is -0.469 e. The average molecular weight is 220 g/mol. The van der Waals surface area contributed by atoms with Gasteiger partial charge in [-0.2, -0.15) is 0 Å². The first-order chi connectivity index (χ1) is 7.61. The molecule has 0 amide bonds. The van der Waals surface area contributed by atoms with Gasteiger partial charge in [0.15, 0.2) is 0 Å². The van der Waals surface area contributed by atoms with Gasteiger partial charge < -0.3 is 9.72 Å². The fourth-order valence-corrected chi connectivity index (χ4v) is 1.63. The third-order valence-electron chi connectivity index (χ3n) is 2.54. The molecule has 0 saturated heterocycles. The number of methoxy groups -OCH3 is 1. The number of hydrogen-bond acceptors (Lipinski definition) is 3. The Labute approximate surface area is 91.6 Å². The number of aromatic amines is 1. The van der Waals surface area contributed by atoms with Gasteiger partial charge in [0, 0.05) is 7.05 Å². The van der Waals surface area contributed by atoms with Crippen LogP contribution in [0.1, 0.15) is 5.56 Å². The van der Waals surface area contributed by atoms with Crippen LogP contribution in [0, 0.1) is 0 Å². The second kappa shape index (κ2) is 3.84. The molecule has 16 heavy (non-hydrogen) atoms. The number of nitrogens with one attached hydrogen (secondary N) is 1. The van der Waals surface area contributed by atoms with Crippen molar-refractivity contribution in [2.75, 3.05) is 7.11 Å². The van der Waals surface area contributed by atoms with E-state index in [4.69, 9.17) is 0 Å². The van der Waals surface area contributed by atoms with Crippen molar-refractivity contribution in [3.8, 4) is 0 Å². The number of ether oxygens (including phenoxy) is 1. The van der Waals surface area contributed by atoms with Gasteiger partial charge in [-0.3, -0.25) is 9.36 Å². The van der Waals surface area contributed by atoms with E-state index in [-0.39, 0.29) is 18.1 Å². The Bertz CT molecular complexity index is 595. The molecule has 5 heteroatoms. The van der Waals surface area contributed by atoms with Gasteiger partial charge in [-0.25, -0.2) is 4.79 Å². The van der Waals surface area contributed by atoms with Gasteiger partial charge in [0.05, 0.1) is 24.6 Å². The van der Waals surface area contributed by atoms with Crippen molar-refractivity contribution in [1.29, 1.82) is 0 Å². The molecule has 1 aromatic carbocycles. The highest BCUT2D eigenvalue weighted by Crippen LogP contribution is 2.12. The number of rotatable bonds is 2. The van der Waals surface area contributed by atoms with Crippen molar-refractivity contribution in [2.24, 2.45) is 7.05 Å². The van der Waals surface area contributed by atoms with Gasteiger partial charge in [0.25, 0.3) is 0 Å². The predicted molar refractivity (Wildman–Crippen MR) is 59.3 cm³/mol. The smallest absolute Gasteiger partial charge is 0.326 e. The Kier molecular flexibility index (Phi) is 2.52. The highest BCUT2D eigenvalue weighted by molar-refractivity contribution is 5.79. The number of imidazole rings is 1. The second-order valence-electron chi connectivity index (χ2n) is 3.59. The number of carbonyl (C=O) groups is 1. The maximum atomic E-state index is 11.3.